The predicted molar refractivity (Wildman–Crippen MR) is 148 cm³/mol. The average molecular weight is 535 g/mol. The molecule has 0 spiro atoms. The number of para-hydroxylation sites is 2. The van der Waals surface area contributed by atoms with E-state index in [9.17, 15) is 18.0 Å². The quantitative estimate of drug-likeness (QED) is 0.293. The number of ether oxygens (including phenoxy) is 1. The number of piperazine rings is 1. The van der Waals surface area contributed by atoms with Gasteiger partial charge in [0.25, 0.3) is 5.91 Å². The van der Waals surface area contributed by atoms with Gasteiger partial charge in [-0.2, -0.15) is 13.2 Å². The van der Waals surface area contributed by atoms with Gasteiger partial charge in [0.2, 0.25) is 0 Å². The lowest BCUT2D eigenvalue weighted by atomic mass is 10.0. The Bertz CT molecular complexity index is 1480. The fourth-order valence-corrected chi connectivity index (χ4v) is 5.09. The maximum atomic E-state index is 13.7. The van der Waals surface area contributed by atoms with Crippen LogP contribution in [0.2, 0.25) is 0 Å². The van der Waals surface area contributed by atoms with Crippen LogP contribution >= 0.6 is 0 Å². The summed E-state index contributed by atoms with van der Waals surface area (Å²) in [4.78, 5) is 24.2. The van der Waals surface area contributed by atoms with Crippen LogP contribution in [0.1, 0.15) is 22.8 Å². The van der Waals surface area contributed by atoms with Crippen molar-refractivity contribution in [3.05, 3.63) is 90.1 Å². The van der Waals surface area contributed by atoms with Gasteiger partial charge in [-0.1, -0.05) is 42.5 Å². The molecule has 3 aromatic carbocycles. The number of fused-ring (bicyclic) bond motifs is 1. The highest BCUT2D eigenvalue weighted by atomic mass is 19.4. The first-order valence-electron chi connectivity index (χ1n) is 12.8. The minimum atomic E-state index is -4.50. The van der Waals surface area contributed by atoms with Gasteiger partial charge in [-0.05, 0) is 42.6 Å². The Kier molecular flexibility index (Phi) is 7.32. The van der Waals surface area contributed by atoms with Gasteiger partial charge in [-0.3, -0.25) is 4.79 Å². The molecule has 1 fully saturated rings. The van der Waals surface area contributed by atoms with E-state index in [4.69, 9.17) is 9.72 Å². The van der Waals surface area contributed by atoms with Crippen LogP contribution in [0.3, 0.4) is 0 Å². The number of carbonyl (C=O) groups is 1. The second-order valence-corrected chi connectivity index (χ2v) is 9.28. The number of halogens is 3. The molecule has 1 aromatic heterocycles. The van der Waals surface area contributed by atoms with E-state index < -0.39 is 17.6 Å². The number of nitrogens with zero attached hydrogens (tertiary/aromatic N) is 4. The van der Waals surface area contributed by atoms with E-state index in [0.29, 0.717) is 10.9 Å². The molecule has 2 heterocycles. The highest BCUT2D eigenvalue weighted by Crippen LogP contribution is 2.34. The molecular formula is C30H29F3N4O2. The number of carbonyl (C=O) groups excluding carboxylic acids is 1. The van der Waals surface area contributed by atoms with Crippen molar-refractivity contribution >= 4 is 33.9 Å². The maximum absolute atomic E-state index is 13.7. The average Bonchev–Trinajstić information content (AvgIpc) is 2.96. The van der Waals surface area contributed by atoms with Gasteiger partial charge in [-0.25, -0.2) is 4.98 Å². The Balaban J connectivity index is 1.43. The molecule has 1 aliphatic heterocycles. The molecule has 0 atom stereocenters. The number of rotatable bonds is 6. The van der Waals surface area contributed by atoms with Gasteiger partial charge in [0.05, 0.1) is 23.9 Å². The second kappa shape index (κ2) is 10.8. The summed E-state index contributed by atoms with van der Waals surface area (Å²) in [6, 6.07) is 20.3. The fourth-order valence-electron chi connectivity index (χ4n) is 5.09. The number of alkyl halides is 3. The Hall–Kier alpha value is -4.27. The molecule has 39 heavy (non-hydrogen) atoms. The maximum Gasteiger partial charge on any atom is 0.416 e. The van der Waals surface area contributed by atoms with Crippen LogP contribution in [0, 0.1) is 0 Å². The van der Waals surface area contributed by atoms with E-state index in [1.807, 2.05) is 48.5 Å². The first kappa shape index (κ1) is 26.3. The van der Waals surface area contributed by atoms with E-state index in [-0.39, 0.29) is 12.2 Å². The third kappa shape index (κ3) is 5.21. The molecule has 202 valence electrons. The molecule has 0 saturated carbocycles. The van der Waals surface area contributed by atoms with Crippen molar-refractivity contribution in [1.82, 2.24) is 4.98 Å². The van der Waals surface area contributed by atoms with Crippen molar-refractivity contribution in [1.29, 1.82) is 0 Å². The summed E-state index contributed by atoms with van der Waals surface area (Å²) < 4.78 is 45.5. The Morgan fingerprint density at radius 2 is 1.59 bits per heavy atom. The summed E-state index contributed by atoms with van der Waals surface area (Å²) in [7, 11) is 1.67. The van der Waals surface area contributed by atoms with Gasteiger partial charge in [0, 0.05) is 50.0 Å². The first-order valence-corrected chi connectivity index (χ1v) is 12.8. The number of pyridine rings is 1. The number of hydrogen-bond acceptors (Lipinski definition) is 5. The number of amides is 1. The number of benzene rings is 3. The predicted octanol–water partition coefficient (Wildman–Crippen LogP) is 6.26. The Morgan fingerprint density at radius 3 is 2.28 bits per heavy atom. The Labute approximate surface area is 225 Å². The summed E-state index contributed by atoms with van der Waals surface area (Å²) in [6.45, 7) is 4.96. The number of anilines is 3. The molecule has 6 nitrogen and oxygen atoms in total. The van der Waals surface area contributed by atoms with Crippen molar-refractivity contribution in [3.8, 4) is 5.75 Å². The Morgan fingerprint density at radius 1 is 0.923 bits per heavy atom. The molecule has 0 radical (unpaired) electrons. The second-order valence-electron chi connectivity index (χ2n) is 9.28. The topological polar surface area (TPSA) is 48.9 Å². The number of methoxy groups -OCH3 is 1. The molecular weight excluding hydrogens is 505 g/mol. The highest BCUT2D eigenvalue weighted by Gasteiger charge is 2.31. The lowest BCUT2D eigenvalue weighted by Gasteiger charge is -2.37. The van der Waals surface area contributed by atoms with Gasteiger partial charge in [-0.15, -0.1) is 0 Å². The van der Waals surface area contributed by atoms with Crippen LogP contribution in [0.25, 0.3) is 10.8 Å². The zero-order chi connectivity index (χ0) is 27.6. The third-order valence-electron chi connectivity index (χ3n) is 7.06. The van der Waals surface area contributed by atoms with Crippen LogP contribution in [0.15, 0.2) is 79.0 Å². The van der Waals surface area contributed by atoms with Gasteiger partial charge < -0.3 is 19.4 Å². The molecule has 0 N–H and O–H groups in total. The SMILES string of the molecule is CCN(C(=O)c1cnc(N2CCN(c3ccccc3OC)CC2)c2ccccc12)c1cccc(C(F)(F)F)c1. The largest absolute Gasteiger partial charge is 0.495 e. The monoisotopic (exact) mass is 534 g/mol. The summed E-state index contributed by atoms with van der Waals surface area (Å²) in [6.07, 6.45) is -2.95. The molecule has 4 aromatic rings. The normalized spacial score (nSPS) is 14.0. The minimum Gasteiger partial charge on any atom is -0.495 e. The van der Waals surface area contributed by atoms with Crippen molar-refractivity contribution in [3.63, 3.8) is 0 Å². The molecule has 1 saturated heterocycles. The van der Waals surface area contributed by atoms with E-state index in [1.165, 1.54) is 17.0 Å². The molecule has 1 aliphatic rings. The van der Waals surface area contributed by atoms with Crippen molar-refractivity contribution < 1.29 is 22.7 Å². The first-order chi connectivity index (χ1) is 18.8. The summed E-state index contributed by atoms with van der Waals surface area (Å²) in [5, 5.41) is 1.54. The van der Waals surface area contributed by atoms with Crippen molar-refractivity contribution in [2.24, 2.45) is 0 Å². The van der Waals surface area contributed by atoms with E-state index in [0.717, 1.165) is 61.0 Å². The van der Waals surface area contributed by atoms with Crippen LogP contribution in [-0.2, 0) is 6.18 Å². The highest BCUT2D eigenvalue weighted by molar-refractivity contribution is 6.15. The number of aromatic nitrogens is 1. The molecule has 9 heteroatoms. The molecule has 1 amide bonds. The molecule has 0 bridgehead atoms. The number of hydrogen-bond donors (Lipinski definition) is 0. The molecule has 5 rings (SSSR count). The van der Waals surface area contributed by atoms with Crippen LogP contribution in [0.5, 0.6) is 5.75 Å². The van der Waals surface area contributed by atoms with Crippen LogP contribution in [0.4, 0.5) is 30.4 Å². The minimum absolute atomic E-state index is 0.193. The van der Waals surface area contributed by atoms with E-state index in [1.54, 1.807) is 20.2 Å². The van der Waals surface area contributed by atoms with Gasteiger partial charge >= 0.3 is 6.18 Å². The summed E-state index contributed by atoms with van der Waals surface area (Å²) >= 11 is 0. The zero-order valence-corrected chi connectivity index (χ0v) is 21.8. The lowest BCUT2D eigenvalue weighted by molar-refractivity contribution is -0.137. The third-order valence-corrected chi connectivity index (χ3v) is 7.06. The van der Waals surface area contributed by atoms with Gasteiger partial charge in [0.1, 0.15) is 11.6 Å². The van der Waals surface area contributed by atoms with E-state index in [2.05, 4.69) is 9.80 Å². The van der Waals surface area contributed by atoms with Crippen molar-refractivity contribution in [2.45, 2.75) is 13.1 Å². The molecule has 0 unspecified atom stereocenters. The zero-order valence-electron chi connectivity index (χ0n) is 21.8. The van der Waals surface area contributed by atoms with Crippen LogP contribution < -0.4 is 19.4 Å². The standard InChI is InChI=1S/C30H29F3N4O2/c1-3-37(22-10-8-9-21(19-22)30(31,32)33)29(38)25-20-34-28(24-12-5-4-11-23(24)25)36-17-15-35(16-18-36)26-13-6-7-14-27(26)39-2/h4-14,19-20H,3,15-18H2,1-2H3. The molecule has 0 aliphatic carbocycles. The summed E-state index contributed by atoms with van der Waals surface area (Å²) in [5.74, 6) is 1.22. The van der Waals surface area contributed by atoms with Crippen molar-refractivity contribution in [2.75, 3.05) is 54.5 Å². The fraction of sp³-hybridized carbons (Fsp3) is 0.267. The van der Waals surface area contributed by atoms with Crippen LogP contribution in [-0.4, -0.2) is 50.7 Å². The lowest BCUT2D eigenvalue weighted by Crippen LogP contribution is -2.47. The summed E-state index contributed by atoms with van der Waals surface area (Å²) in [5.41, 5.74) is 0.795. The van der Waals surface area contributed by atoms with E-state index >= 15 is 0 Å². The smallest absolute Gasteiger partial charge is 0.416 e. The van der Waals surface area contributed by atoms with Gasteiger partial charge in [0.15, 0.2) is 0 Å².